The van der Waals surface area contributed by atoms with E-state index in [0.717, 1.165) is 18.5 Å². The van der Waals surface area contributed by atoms with E-state index in [1.807, 2.05) is 24.3 Å². The topological polar surface area (TPSA) is 23.6 Å². The second kappa shape index (κ2) is 8.47. The average molecular weight is 435 g/mol. The quantitative estimate of drug-likeness (QED) is 0.673. The van der Waals surface area contributed by atoms with Crippen molar-refractivity contribution in [1.29, 1.82) is 0 Å². The van der Waals surface area contributed by atoms with Crippen LogP contribution in [0.1, 0.15) is 38.2 Å². The summed E-state index contributed by atoms with van der Waals surface area (Å²) in [5.41, 5.74) is 2.48. The molecule has 1 radical (unpaired) electrons. The Morgan fingerprint density at radius 1 is 1.15 bits per heavy atom. The molecule has 0 spiro atoms. The molecule has 2 aliphatic heterocycles. The molecule has 0 aliphatic carbocycles. The van der Waals surface area contributed by atoms with Gasteiger partial charge in [0, 0.05) is 44.8 Å². The average Bonchev–Trinajstić information content (AvgIpc) is 2.90. The van der Waals surface area contributed by atoms with Gasteiger partial charge >= 0.3 is 0 Å². The summed E-state index contributed by atoms with van der Waals surface area (Å²) in [7, 11) is 0. The van der Waals surface area contributed by atoms with Gasteiger partial charge in [0.1, 0.15) is 0 Å². The zero-order valence-electron chi connectivity index (χ0n) is 16.0. The fourth-order valence-electron chi connectivity index (χ4n) is 4.89. The van der Waals surface area contributed by atoms with Crippen LogP contribution in [0.25, 0.3) is 0 Å². The van der Waals surface area contributed by atoms with Crippen molar-refractivity contribution in [3.8, 4) is 0 Å². The number of hydrogen-bond acceptors (Lipinski definition) is 2. The van der Waals surface area contributed by atoms with Crippen LogP contribution < -0.4 is 4.90 Å². The molecule has 2 aromatic carbocycles. The molecule has 4 heteroatoms. The molecular weight excluding hydrogens is 409 g/mol. The van der Waals surface area contributed by atoms with Gasteiger partial charge in [-0.3, -0.25) is 4.90 Å². The third-order valence-corrected chi connectivity index (χ3v) is 6.20. The summed E-state index contributed by atoms with van der Waals surface area (Å²) in [6, 6.07) is 22.8. The van der Waals surface area contributed by atoms with Crippen molar-refractivity contribution in [3.05, 3.63) is 73.2 Å². The number of fused-ring (bicyclic) bond motifs is 2. The fraction of sp³-hybridized carbons (Fsp3) is 0.391. The van der Waals surface area contributed by atoms with E-state index in [-0.39, 0.29) is 44.0 Å². The number of hydrogen-bond donors (Lipinski definition) is 0. The normalized spacial score (nSPS) is 27.0. The molecule has 1 amide bonds. The van der Waals surface area contributed by atoms with Gasteiger partial charge in [0.15, 0.2) is 0 Å². The van der Waals surface area contributed by atoms with Gasteiger partial charge < -0.3 is 16.6 Å². The van der Waals surface area contributed by atoms with Crippen LogP contribution >= 0.6 is 0 Å². The molecule has 2 aliphatic rings. The molecule has 3 nitrogen and oxygen atoms in total. The summed E-state index contributed by atoms with van der Waals surface area (Å²) < 4.78 is 0. The van der Waals surface area contributed by atoms with E-state index in [1.165, 1.54) is 18.4 Å². The number of carbonyl (C=O) groups excluding carboxylic acids is 1. The molecule has 0 saturated carbocycles. The maximum absolute atomic E-state index is 12.2. The van der Waals surface area contributed by atoms with E-state index >= 15 is 0 Å². The van der Waals surface area contributed by atoms with Gasteiger partial charge in [-0.05, 0) is 36.7 Å². The number of benzene rings is 2. The second-order valence-electron chi connectivity index (χ2n) is 7.95. The molecule has 2 fully saturated rings. The number of rotatable bonds is 4. The molecule has 2 atom stereocenters. The Balaban J connectivity index is 0.00000210. The summed E-state index contributed by atoms with van der Waals surface area (Å²) in [6.07, 6.45) is 4.71. The molecule has 2 aromatic rings. The van der Waals surface area contributed by atoms with Gasteiger partial charge in [-0.1, -0.05) is 42.9 Å². The smallest absolute Gasteiger partial charge is 0.0860 e. The molecule has 2 bridgehead atoms. The maximum Gasteiger partial charge on any atom is 0.0860 e. The SMILES string of the molecule is [CH2-]C(=O)N(CN1C2CCC1CC(C)(c1ccccc1)C2)c1[c-]cccc1.[Y]. The van der Waals surface area contributed by atoms with E-state index in [0.29, 0.717) is 18.8 Å². The Kier molecular flexibility index (Phi) is 6.45. The Labute approximate surface area is 188 Å². The van der Waals surface area contributed by atoms with E-state index in [4.69, 9.17) is 0 Å². The van der Waals surface area contributed by atoms with Crippen LogP contribution in [-0.4, -0.2) is 29.6 Å². The first-order valence-electron chi connectivity index (χ1n) is 9.48. The Bertz CT molecular complexity index is 750. The first-order chi connectivity index (χ1) is 12.6. The summed E-state index contributed by atoms with van der Waals surface area (Å²) >= 11 is 0. The number of amides is 1. The van der Waals surface area contributed by atoms with E-state index in [1.54, 1.807) is 4.90 Å². The molecule has 0 aromatic heterocycles. The Hall–Kier alpha value is -1.16. The van der Waals surface area contributed by atoms with Gasteiger partial charge in [-0.15, -0.1) is 6.07 Å². The van der Waals surface area contributed by atoms with Crippen molar-refractivity contribution in [2.45, 2.75) is 50.1 Å². The number of nitrogens with zero attached hydrogens (tertiary/aromatic N) is 2. The zero-order valence-corrected chi connectivity index (χ0v) is 18.8. The van der Waals surface area contributed by atoms with Crippen molar-refractivity contribution in [3.63, 3.8) is 0 Å². The summed E-state index contributed by atoms with van der Waals surface area (Å²) in [6.45, 7) is 6.68. The first kappa shape index (κ1) is 20.6. The van der Waals surface area contributed by atoms with Crippen molar-refractivity contribution < 1.29 is 37.5 Å². The van der Waals surface area contributed by atoms with Crippen molar-refractivity contribution in [2.24, 2.45) is 0 Å². The third kappa shape index (κ3) is 4.16. The van der Waals surface area contributed by atoms with E-state index < -0.39 is 0 Å². The van der Waals surface area contributed by atoms with Crippen LogP contribution in [0, 0.1) is 13.0 Å². The monoisotopic (exact) mass is 435 g/mol. The van der Waals surface area contributed by atoms with Crippen molar-refractivity contribution in [2.75, 3.05) is 11.6 Å². The van der Waals surface area contributed by atoms with Gasteiger partial charge in [0.25, 0.3) is 0 Å². The van der Waals surface area contributed by atoms with Gasteiger partial charge in [-0.2, -0.15) is 24.3 Å². The maximum atomic E-state index is 12.2. The molecule has 139 valence electrons. The van der Waals surface area contributed by atoms with Crippen molar-refractivity contribution >= 4 is 11.6 Å². The second-order valence-corrected chi connectivity index (χ2v) is 7.95. The van der Waals surface area contributed by atoms with Crippen LogP contribution in [0.3, 0.4) is 0 Å². The number of anilines is 1. The minimum Gasteiger partial charge on any atom is -0.348 e. The van der Waals surface area contributed by atoms with Crippen LogP contribution in [0.15, 0.2) is 54.6 Å². The van der Waals surface area contributed by atoms with Gasteiger partial charge in [0.2, 0.25) is 0 Å². The summed E-state index contributed by atoms with van der Waals surface area (Å²) in [5.74, 6) is -0.164. The van der Waals surface area contributed by atoms with Crippen LogP contribution in [0.5, 0.6) is 0 Å². The van der Waals surface area contributed by atoms with Crippen molar-refractivity contribution in [1.82, 2.24) is 4.90 Å². The van der Waals surface area contributed by atoms with E-state index in [2.05, 4.69) is 55.1 Å². The number of carbonyl (C=O) groups is 1. The minimum absolute atomic E-state index is 0. The Morgan fingerprint density at radius 3 is 2.33 bits per heavy atom. The predicted molar refractivity (Wildman–Crippen MR) is 105 cm³/mol. The minimum atomic E-state index is -0.164. The molecule has 4 rings (SSSR count). The van der Waals surface area contributed by atoms with Gasteiger partial charge in [-0.25, -0.2) is 0 Å². The molecule has 27 heavy (non-hydrogen) atoms. The summed E-state index contributed by atoms with van der Waals surface area (Å²) in [5, 5.41) is 0. The molecule has 2 saturated heterocycles. The number of para-hydroxylation sites is 1. The zero-order chi connectivity index (χ0) is 18.1. The third-order valence-electron chi connectivity index (χ3n) is 6.20. The molecule has 2 heterocycles. The first-order valence-corrected chi connectivity index (χ1v) is 9.48. The Morgan fingerprint density at radius 2 is 1.78 bits per heavy atom. The molecule has 2 unspecified atom stereocenters. The largest absolute Gasteiger partial charge is 0.348 e. The van der Waals surface area contributed by atoms with Gasteiger partial charge in [0.05, 0.1) is 12.6 Å². The van der Waals surface area contributed by atoms with Crippen LogP contribution in [-0.2, 0) is 42.9 Å². The predicted octanol–water partition coefficient (Wildman–Crippen LogP) is 4.19. The fourth-order valence-corrected chi connectivity index (χ4v) is 4.89. The van der Waals surface area contributed by atoms with Crippen LogP contribution in [0.4, 0.5) is 5.69 Å². The van der Waals surface area contributed by atoms with E-state index in [9.17, 15) is 4.79 Å². The molecule has 0 N–H and O–H groups in total. The van der Waals surface area contributed by atoms with Crippen LogP contribution in [0.2, 0.25) is 0 Å². The standard InChI is InChI=1S/C23H26N2O.Y/c1-18(26)24(20-11-7-4-8-12-20)17-25-21-13-14-22(25)16-23(2,15-21)19-9-5-3-6-10-19;/h3-11,21-22H,1,13-17H2,2H3;/q-2;. The summed E-state index contributed by atoms with van der Waals surface area (Å²) in [4.78, 5) is 16.5. The molecular formula is C23H26N2OY-2. The number of piperidine rings is 1.